The van der Waals surface area contributed by atoms with E-state index in [2.05, 4.69) is 31.4 Å². The Morgan fingerprint density at radius 1 is 1.00 bits per heavy atom. The number of esters is 1. The van der Waals surface area contributed by atoms with Crippen LogP contribution in [0.15, 0.2) is 82.5 Å². The number of hydrazone groups is 1. The third-order valence-corrected chi connectivity index (χ3v) is 3.98. The van der Waals surface area contributed by atoms with Gasteiger partial charge in [-0.3, -0.25) is 9.78 Å². The minimum Gasteiger partial charge on any atom is -0.423 e. The van der Waals surface area contributed by atoms with Crippen LogP contribution in [0.25, 0.3) is 0 Å². The Bertz CT molecular complexity index is 956. The van der Waals surface area contributed by atoms with Crippen LogP contribution in [-0.2, 0) is 0 Å². The lowest BCUT2D eigenvalue weighted by Crippen LogP contribution is -2.18. The maximum absolute atomic E-state index is 12.1. The number of nitrogens with zero attached hydrogens (tertiary/aromatic N) is 2. The Morgan fingerprint density at radius 2 is 1.74 bits per heavy atom. The van der Waals surface area contributed by atoms with Crippen molar-refractivity contribution in [2.24, 2.45) is 5.10 Å². The zero-order valence-corrected chi connectivity index (χ0v) is 15.6. The SMILES string of the molecule is O=C(Oc1ccc(C=NNC(=O)c2ccccn2)cc1)c1ccc(Br)cc1. The van der Waals surface area contributed by atoms with Crippen LogP contribution in [0, 0.1) is 0 Å². The van der Waals surface area contributed by atoms with Crippen LogP contribution in [0.5, 0.6) is 5.75 Å². The second kappa shape index (κ2) is 8.86. The molecule has 3 rings (SSSR count). The van der Waals surface area contributed by atoms with E-state index in [-0.39, 0.29) is 5.69 Å². The van der Waals surface area contributed by atoms with E-state index in [4.69, 9.17) is 4.74 Å². The van der Waals surface area contributed by atoms with E-state index in [1.807, 2.05) is 0 Å². The number of halogens is 1. The van der Waals surface area contributed by atoms with Crippen LogP contribution in [0.3, 0.4) is 0 Å². The van der Waals surface area contributed by atoms with Crippen LogP contribution in [-0.4, -0.2) is 23.1 Å². The summed E-state index contributed by atoms with van der Waals surface area (Å²) >= 11 is 3.32. The molecule has 0 atom stereocenters. The van der Waals surface area contributed by atoms with Gasteiger partial charge in [0.25, 0.3) is 5.91 Å². The third kappa shape index (κ3) is 5.32. The molecule has 0 unspecified atom stereocenters. The Labute approximate surface area is 164 Å². The molecule has 27 heavy (non-hydrogen) atoms. The van der Waals surface area contributed by atoms with Crippen molar-refractivity contribution >= 4 is 34.0 Å². The molecule has 6 nitrogen and oxygen atoms in total. The van der Waals surface area contributed by atoms with Gasteiger partial charge in [-0.1, -0.05) is 22.0 Å². The maximum Gasteiger partial charge on any atom is 0.343 e. The summed E-state index contributed by atoms with van der Waals surface area (Å²) in [6.07, 6.45) is 3.02. The quantitative estimate of drug-likeness (QED) is 0.292. The molecule has 0 aliphatic carbocycles. The molecule has 1 amide bonds. The minimum atomic E-state index is -0.438. The van der Waals surface area contributed by atoms with Crippen molar-refractivity contribution in [3.05, 3.63) is 94.2 Å². The molecule has 7 heteroatoms. The Balaban J connectivity index is 1.56. The van der Waals surface area contributed by atoms with E-state index in [1.54, 1.807) is 66.7 Å². The number of rotatable bonds is 5. The molecule has 2 aromatic carbocycles. The molecular weight excluding hydrogens is 410 g/mol. The molecule has 1 N–H and O–H groups in total. The number of hydrogen-bond donors (Lipinski definition) is 1. The monoisotopic (exact) mass is 423 g/mol. The standard InChI is InChI=1S/C20H14BrN3O3/c21-16-8-6-15(7-9-16)20(26)27-17-10-4-14(5-11-17)13-23-24-19(25)18-3-1-2-12-22-18/h1-13H,(H,24,25). The zero-order chi connectivity index (χ0) is 19.1. The van der Waals surface area contributed by atoms with Gasteiger partial charge in [0.2, 0.25) is 0 Å². The predicted molar refractivity (Wildman–Crippen MR) is 105 cm³/mol. The summed E-state index contributed by atoms with van der Waals surface area (Å²) in [5, 5.41) is 3.89. The van der Waals surface area contributed by atoms with Gasteiger partial charge in [0.05, 0.1) is 11.8 Å². The second-order valence-corrected chi connectivity index (χ2v) is 6.30. The average molecular weight is 424 g/mol. The third-order valence-electron chi connectivity index (χ3n) is 3.45. The van der Waals surface area contributed by atoms with Gasteiger partial charge in [0, 0.05) is 10.7 Å². The largest absolute Gasteiger partial charge is 0.423 e. The molecule has 0 bridgehead atoms. The first-order valence-electron chi connectivity index (χ1n) is 7.94. The highest BCUT2D eigenvalue weighted by molar-refractivity contribution is 9.10. The summed E-state index contributed by atoms with van der Waals surface area (Å²) in [4.78, 5) is 27.8. The average Bonchev–Trinajstić information content (AvgIpc) is 2.70. The van der Waals surface area contributed by atoms with Crippen LogP contribution in [0.2, 0.25) is 0 Å². The van der Waals surface area contributed by atoms with Gasteiger partial charge >= 0.3 is 5.97 Å². The van der Waals surface area contributed by atoms with Gasteiger partial charge in [-0.15, -0.1) is 0 Å². The van der Waals surface area contributed by atoms with Crippen LogP contribution in [0.1, 0.15) is 26.4 Å². The fourth-order valence-corrected chi connectivity index (χ4v) is 2.36. The fraction of sp³-hybridized carbons (Fsp3) is 0. The number of benzene rings is 2. The number of aromatic nitrogens is 1. The molecule has 3 aromatic rings. The summed E-state index contributed by atoms with van der Waals surface area (Å²) in [5.74, 6) is -0.420. The van der Waals surface area contributed by atoms with E-state index >= 15 is 0 Å². The van der Waals surface area contributed by atoms with Gasteiger partial charge in [0.15, 0.2) is 0 Å². The normalized spacial score (nSPS) is 10.6. The number of amides is 1. The van der Waals surface area contributed by atoms with E-state index < -0.39 is 11.9 Å². The number of ether oxygens (including phenoxy) is 1. The summed E-state index contributed by atoms with van der Waals surface area (Å²) in [5.41, 5.74) is 3.88. The first kappa shape index (κ1) is 18.5. The highest BCUT2D eigenvalue weighted by Crippen LogP contribution is 2.15. The summed E-state index contributed by atoms with van der Waals surface area (Å²) in [6.45, 7) is 0. The molecule has 0 fully saturated rings. The number of carbonyl (C=O) groups excluding carboxylic acids is 2. The molecule has 0 saturated heterocycles. The van der Waals surface area contributed by atoms with Crippen molar-refractivity contribution in [2.45, 2.75) is 0 Å². The van der Waals surface area contributed by atoms with Crippen LogP contribution < -0.4 is 10.2 Å². The van der Waals surface area contributed by atoms with Crippen LogP contribution in [0.4, 0.5) is 0 Å². The van der Waals surface area contributed by atoms with Crippen molar-refractivity contribution < 1.29 is 14.3 Å². The van der Waals surface area contributed by atoms with Crippen molar-refractivity contribution in [3.63, 3.8) is 0 Å². The highest BCUT2D eigenvalue weighted by Gasteiger charge is 2.08. The van der Waals surface area contributed by atoms with E-state index in [1.165, 1.54) is 12.4 Å². The predicted octanol–water partition coefficient (Wildman–Crippen LogP) is 3.83. The van der Waals surface area contributed by atoms with Gasteiger partial charge in [-0.2, -0.15) is 5.10 Å². The summed E-state index contributed by atoms with van der Waals surface area (Å²) in [7, 11) is 0. The molecule has 0 aliphatic heterocycles. The van der Waals surface area contributed by atoms with Crippen molar-refractivity contribution in [1.82, 2.24) is 10.4 Å². The lowest BCUT2D eigenvalue weighted by molar-refractivity contribution is 0.0734. The molecule has 0 spiro atoms. The summed E-state index contributed by atoms with van der Waals surface area (Å²) < 4.78 is 6.21. The molecule has 0 saturated carbocycles. The molecule has 0 aliphatic rings. The second-order valence-electron chi connectivity index (χ2n) is 5.38. The first-order chi connectivity index (χ1) is 13.1. The zero-order valence-electron chi connectivity index (χ0n) is 14.0. The lowest BCUT2D eigenvalue weighted by Gasteiger charge is -2.04. The van der Waals surface area contributed by atoms with Crippen molar-refractivity contribution in [2.75, 3.05) is 0 Å². The molecule has 134 valence electrons. The summed E-state index contributed by atoms with van der Waals surface area (Å²) in [6, 6.07) is 18.7. The first-order valence-corrected chi connectivity index (χ1v) is 8.73. The lowest BCUT2D eigenvalue weighted by atomic mass is 10.2. The number of carbonyl (C=O) groups is 2. The minimum absolute atomic E-state index is 0.282. The Kier molecular flexibility index (Phi) is 6.06. The number of nitrogens with one attached hydrogen (secondary N) is 1. The maximum atomic E-state index is 12.1. The Hall–Kier alpha value is -3.32. The van der Waals surface area contributed by atoms with E-state index in [9.17, 15) is 9.59 Å². The van der Waals surface area contributed by atoms with Crippen molar-refractivity contribution in [3.8, 4) is 5.75 Å². The molecule has 1 aromatic heterocycles. The topological polar surface area (TPSA) is 80.6 Å². The van der Waals surface area contributed by atoms with Crippen LogP contribution >= 0.6 is 15.9 Å². The molecule has 0 radical (unpaired) electrons. The van der Waals surface area contributed by atoms with E-state index in [0.717, 1.165) is 10.0 Å². The Morgan fingerprint density at radius 3 is 2.41 bits per heavy atom. The molecular formula is C20H14BrN3O3. The number of pyridine rings is 1. The van der Waals surface area contributed by atoms with E-state index in [0.29, 0.717) is 11.3 Å². The van der Waals surface area contributed by atoms with Gasteiger partial charge < -0.3 is 4.74 Å². The van der Waals surface area contributed by atoms with Gasteiger partial charge in [0.1, 0.15) is 11.4 Å². The van der Waals surface area contributed by atoms with Crippen molar-refractivity contribution in [1.29, 1.82) is 0 Å². The smallest absolute Gasteiger partial charge is 0.343 e. The van der Waals surface area contributed by atoms with Gasteiger partial charge in [-0.05, 0) is 66.2 Å². The number of hydrogen-bond acceptors (Lipinski definition) is 5. The van der Waals surface area contributed by atoms with Gasteiger partial charge in [-0.25, -0.2) is 10.2 Å². The molecule has 1 heterocycles. The fourth-order valence-electron chi connectivity index (χ4n) is 2.09. The highest BCUT2D eigenvalue weighted by atomic mass is 79.9.